The number of carbonyl (C=O) groups is 2. The van der Waals surface area contributed by atoms with Crippen molar-refractivity contribution in [2.24, 2.45) is 0 Å². The number of nitrogens with zero attached hydrogens (tertiary/aromatic N) is 3. The highest BCUT2D eigenvalue weighted by atomic mass is 32.2. The number of nitro benzene ring substituents is 1. The Morgan fingerprint density at radius 2 is 1.55 bits per heavy atom. The largest absolute Gasteiger partial charge is 0.497 e. The molecule has 4 rings (SSSR count). The van der Waals surface area contributed by atoms with Gasteiger partial charge in [0.05, 0.1) is 16.9 Å². The van der Waals surface area contributed by atoms with E-state index in [1.54, 1.807) is 48.0 Å². The van der Waals surface area contributed by atoms with E-state index in [-0.39, 0.29) is 22.4 Å². The van der Waals surface area contributed by atoms with Gasteiger partial charge in [0.1, 0.15) is 5.75 Å². The van der Waals surface area contributed by atoms with Crippen molar-refractivity contribution in [2.75, 3.05) is 32.5 Å². The molecule has 0 radical (unpaired) electrons. The normalized spacial score (nSPS) is 17.6. The lowest BCUT2D eigenvalue weighted by molar-refractivity contribution is -0.384. The van der Waals surface area contributed by atoms with E-state index in [4.69, 9.17) is 4.74 Å². The Kier molecular flexibility index (Phi) is 5.86. The summed E-state index contributed by atoms with van der Waals surface area (Å²) in [5.41, 5.74) is 1.03. The summed E-state index contributed by atoms with van der Waals surface area (Å²) in [5.74, 6) is 1.45. The zero-order valence-corrected chi connectivity index (χ0v) is 18.0. The maximum atomic E-state index is 13.2. The smallest absolute Gasteiger partial charge is 0.269 e. The number of amides is 2. The number of rotatable bonds is 4. The lowest BCUT2D eigenvalue weighted by Gasteiger charge is -2.44. The van der Waals surface area contributed by atoms with E-state index in [2.05, 4.69) is 0 Å². The highest BCUT2D eigenvalue weighted by Gasteiger charge is 2.47. The zero-order valence-electron chi connectivity index (χ0n) is 17.2. The maximum absolute atomic E-state index is 13.2. The van der Waals surface area contributed by atoms with Crippen LogP contribution in [0.2, 0.25) is 0 Å². The highest BCUT2D eigenvalue weighted by Crippen LogP contribution is 2.44. The molecular formula is C22H23N3O5S. The molecule has 0 N–H and O–H groups in total. The summed E-state index contributed by atoms with van der Waals surface area (Å²) in [6, 6.07) is 12.8. The van der Waals surface area contributed by atoms with Crippen LogP contribution in [0.3, 0.4) is 0 Å². The van der Waals surface area contributed by atoms with Crippen LogP contribution in [0.25, 0.3) is 0 Å². The monoisotopic (exact) mass is 441 g/mol. The van der Waals surface area contributed by atoms with Crippen molar-refractivity contribution >= 4 is 29.3 Å². The zero-order chi connectivity index (χ0) is 22.0. The molecular weight excluding hydrogens is 418 g/mol. The molecule has 162 valence electrons. The number of hydrogen-bond acceptors (Lipinski definition) is 6. The number of piperidine rings is 1. The fourth-order valence-corrected chi connectivity index (χ4v) is 5.62. The quantitative estimate of drug-likeness (QED) is 0.533. The average molecular weight is 442 g/mol. The molecule has 2 aromatic rings. The number of hydrogen-bond donors (Lipinski definition) is 0. The molecule has 31 heavy (non-hydrogen) atoms. The van der Waals surface area contributed by atoms with E-state index < -0.39 is 4.92 Å². The summed E-state index contributed by atoms with van der Waals surface area (Å²) >= 11 is 1.79. The number of carbonyl (C=O) groups excluding carboxylic acids is 2. The molecule has 2 saturated heterocycles. The van der Waals surface area contributed by atoms with Gasteiger partial charge in [0.2, 0.25) is 0 Å². The Bertz CT molecular complexity index is 985. The number of non-ortho nitro benzene ring substituents is 1. The summed E-state index contributed by atoms with van der Waals surface area (Å²) in [6.45, 7) is 1.76. The van der Waals surface area contributed by atoms with E-state index in [9.17, 15) is 19.7 Å². The summed E-state index contributed by atoms with van der Waals surface area (Å²) in [5, 5.41) is 10.8. The van der Waals surface area contributed by atoms with Crippen LogP contribution in [0.15, 0.2) is 48.5 Å². The Morgan fingerprint density at radius 1 is 0.968 bits per heavy atom. The fraction of sp³-hybridized carbons (Fsp3) is 0.364. The number of ether oxygens (including phenoxy) is 1. The van der Waals surface area contributed by atoms with Crippen molar-refractivity contribution in [3.63, 3.8) is 0 Å². The second-order valence-electron chi connectivity index (χ2n) is 7.58. The second kappa shape index (κ2) is 8.58. The average Bonchev–Trinajstić information content (AvgIpc) is 3.21. The third kappa shape index (κ3) is 4.10. The highest BCUT2D eigenvalue weighted by molar-refractivity contribution is 8.00. The minimum atomic E-state index is -0.482. The molecule has 0 unspecified atom stereocenters. The third-order valence-corrected chi connectivity index (χ3v) is 7.47. The number of methoxy groups -OCH3 is 1. The van der Waals surface area contributed by atoms with Crippen molar-refractivity contribution in [1.29, 1.82) is 0 Å². The van der Waals surface area contributed by atoms with E-state index >= 15 is 0 Å². The van der Waals surface area contributed by atoms with Gasteiger partial charge in [0.15, 0.2) is 0 Å². The SMILES string of the molecule is COc1ccc(C(=O)N2CCSC23CCN(C(=O)c2ccc([N+](=O)[O-])cc2)CC3)cc1. The lowest BCUT2D eigenvalue weighted by atomic mass is 10.00. The van der Waals surface area contributed by atoms with Gasteiger partial charge in [0, 0.05) is 48.6 Å². The van der Waals surface area contributed by atoms with Crippen molar-refractivity contribution in [3.8, 4) is 5.75 Å². The van der Waals surface area contributed by atoms with Crippen molar-refractivity contribution < 1.29 is 19.2 Å². The molecule has 8 nitrogen and oxygen atoms in total. The minimum absolute atomic E-state index is 0.00259. The van der Waals surface area contributed by atoms with Gasteiger partial charge in [-0.15, -0.1) is 11.8 Å². The molecule has 0 aliphatic carbocycles. The molecule has 9 heteroatoms. The van der Waals surface area contributed by atoms with Crippen LogP contribution in [0.1, 0.15) is 33.6 Å². The molecule has 1 spiro atoms. The van der Waals surface area contributed by atoms with Gasteiger partial charge < -0.3 is 14.5 Å². The molecule has 2 fully saturated rings. The van der Waals surface area contributed by atoms with Gasteiger partial charge in [-0.1, -0.05) is 0 Å². The number of nitro groups is 1. The van der Waals surface area contributed by atoms with Gasteiger partial charge >= 0.3 is 0 Å². The molecule has 2 heterocycles. The predicted octanol–water partition coefficient (Wildman–Crippen LogP) is 3.42. The lowest BCUT2D eigenvalue weighted by Crippen LogP contribution is -2.53. The first-order valence-electron chi connectivity index (χ1n) is 10.1. The molecule has 0 bridgehead atoms. The van der Waals surface area contributed by atoms with Gasteiger partial charge in [0.25, 0.3) is 17.5 Å². The van der Waals surface area contributed by atoms with Gasteiger partial charge in [-0.05, 0) is 49.2 Å². The standard InChI is InChI=1S/C22H23N3O5S/c1-30-19-8-4-17(5-9-19)21(27)24-14-15-31-22(24)10-12-23(13-11-22)20(26)16-2-6-18(7-3-16)25(28)29/h2-9H,10-15H2,1H3. The van der Waals surface area contributed by atoms with Gasteiger partial charge in [-0.2, -0.15) is 0 Å². The summed E-state index contributed by atoms with van der Waals surface area (Å²) in [7, 11) is 1.59. The Morgan fingerprint density at radius 3 is 2.13 bits per heavy atom. The van der Waals surface area contributed by atoms with Crippen molar-refractivity contribution in [3.05, 3.63) is 69.8 Å². The fourth-order valence-electron chi connectivity index (χ4n) is 4.17. The Balaban J connectivity index is 1.43. The second-order valence-corrected chi connectivity index (χ2v) is 9.03. The van der Waals surface area contributed by atoms with E-state index in [0.717, 1.165) is 5.75 Å². The number of likely N-dealkylation sites (tertiary alicyclic amines) is 1. The van der Waals surface area contributed by atoms with E-state index in [1.165, 1.54) is 24.3 Å². The van der Waals surface area contributed by atoms with E-state index in [0.29, 0.717) is 49.4 Å². The van der Waals surface area contributed by atoms with Crippen LogP contribution < -0.4 is 4.74 Å². The first kappa shape index (κ1) is 21.2. The molecule has 0 saturated carbocycles. The minimum Gasteiger partial charge on any atom is -0.497 e. The Hall–Kier alpha value is -3.07. The topological polar surface area (TPSA) is 93.0 Å². The van der Waals surface area contributed by atoms with Gasteiger partial charge in [-0.3, -0.25) is 19.7 Å². The van der Waals surface area contributed by atoms with E-state index in [1.807, 2.05) is 4.90 Å². The molecule has 2 amide bonds. The van der Waals surface area contributed by atoms with Crippen LogP contribution in [-0.4, -0.2) is 63.9 Å². The Labute approximate surface area is 184 Å². The number of thioether (sulfide) groups is 1. The predicted molar refractivity (Wildman–Crippen MR) is 117 cm³/mol. The summed E-state index contributed by atoms with van der Waals surface area (Å²) in [4.78, 5) is 39.8. The van der Waals surface area contributed by atoms with Crippen LogP contribution >= 0.6 is 11.8 Å². The molecule has 2 aromatic carbocycles. The first-order valence-corrected chi connectivity index (χ1v) is 11.1. The summed E-state index contributed by atoms with van der Waals surface area (Å²) in [6.07, 6.45) is 1.39. The summed E-state index contributed by atoms with van der Waals surface area (Å²) < 4.78 is 5.17. The van der Waals surface area contributed by atoms with Crippen molar-refractivity contribution in [2.45, 2.75) is 17.7 Å². The molecule has 0 aromatic heterocycles. The molecule has 0 atom stereocenters. The van der Waals surface area contributed by atoms with Gasteiger partial charge in [-0.25, -0.2) is 0 Å². The molecule has 2 aliphatic heterocycles. The first-order chi connectivity index (χ1) is 14.9. The van der Waals surface area contributed by atoms with Crippen LogP contribution in [-0.2, 0) is 0 Å². The maximum Gasteiger partial charge on any atom is 0.269 e. The number of benzene rings is 2. The molecule has 2 aliphatic rings. The third-order valence-electron chi connectivity index (χ3n) is 5.92. The van der Waals surface area contributed by atoms with Crippen LogP contribution in [0, 0.1) is 10.1 Å². The van der Waals surface area contributed by atoms with Crippen LogP contribution in [0.4, 0.5) is 5.69 Å². The van der Waals surface area contributed by atoms with Crippen molar-refractivity contribution in [1.82, 2.24) is 9.80 Å². The van der Waals surface area contributed by atoms with Crippen LogP contribution in [0.5, 0.6) is 5.75 Å².